The van der Waals surface area contributed by atoms with Crippen molar-refractivity contribution in [3.05, 3.63) is 35.1 Å². The van der Waals surface area contributed by atoms with Crippen molar-refractivity contribution in [2.75, 3.05) is 0 Å². The standard InChI is InChI=1S/C15H10F3N3OS/c1-8-3-4-13(22-8)12-5-11(15(16,17)18)10(7-20)14(21-12)23-9(2)6-19/h3-5,9H,1-2H3. The maximum Gasteiger partial charge on any atom is 0.417 e. The largest absolute Gasteiger partial charge is 0.460 e. The van der Waals surface area contributed by atoms with Gasteiger partial charge >= 0.3 is 6.18 Å². The minimum absolute atomic E-state index is 0.0305. The number of nitriles is 2. The highest BCUT2D eigenvalue weighted by molar-refractivity contribution is 8.00. The fourth-order valence-corrected chi connectivity index (χ4v) is 2.64. The van der Waals surface area contributed by atoms with Crippen LogP contribution in [0.1, 0.15) is 23.8 Å². The summed E-state index contributed by atoms with van der Waals surface area (Å²) in [4.78, 5) is 4.08. The highest BCUT2D eigenvalue weighted by atomic mass is 32.2. The summed E-state index contributed by atoms with van der Waals surface area (Å²) in [6, 6.07) is 7.34. The van der Waals surface area contributed by atoms with Crippen LogP contribution in [0.5, 0.6) is 0 Å². The van der Waals surface area contributed by atoms with E-state index in [2.05, 4.69) is 4.98 Å². The number of halogens is 3. The molecule has 0 saturated heterocycles. The summed E-state index contributed by atoms with van der Waals surface area (Å²) in [5.41, 5.74) is -1.71. The molecule has 0 fully saturated rings. The van der Waals surface area contributed by atoms with Crippen LogP contribution in [0, 0.1) is 29.6 Å². The molecule has 2 aromatic heterocycles. The van der Waals surface area contributed by atoms with Gasteiger partial charge in [-0.25, -0.2) is 4.98 Å². The number of nitrogens with zero attached hydrogens (tertiary/aromatic N) is 3. The molecule has 0 bridgehead atoms. The third kappa shape index (κ3) is 3.66. The maximum atomic E-state index is 13.3. The highest BCUT2D eigenvalue weighted by Gasteiger charge is 2.36. The molecule has 8 heteroatoms. The third-order valence-electron chi connectivity index (χ3n) is 2.87. The van der Waals surface area contributed by atoms with Gasteiger partial charge in [0.2, 0.25) is 0 Å². The van der Waals surface area contributed by atoms with E-state index in [0.29, 0.717) is 5.76 Å². The average molecular weight is 337 g/mol. The molecule has 0 aliphatic carbocycles. The topological polar surface area (TPSA) is 73.6 Å². The maximum absolute atomic E-state index is 13.3. The van der Waals surface area contributed by atoms with Gasteiger partial charge in [-0.1, -0.05) is 11.8 Å². The SMILES string of the molecule is Cc1ccc(-c2cc(C(F)(F)F)c(C#N)c(SC(C)C#N)n2)o1. The van der Waals surface area contributed by atoms with E-state index in [1.54, 1.807) is 19.1 Å². The Labute approximate surface area is 134 Å². The molecule has 23 heavy (non-hydrogen) atoms. The van der Waals surface area contributed by atoms with Crippen LogP contribution in [-0.2, 0) is 6.18 Å². The number of hydrogen-bond acceptors (Lipinski definition) is 5. The molecule has 4 nitrogen and oxygen atoms in total. The lowest BCUT2D eigenvalue weighted by Crippen LogP contribution is -2.11. The summed E-state index contributed by atoms with van der Waals surface area (Å²) in [6.45, 7) is 3.18. The smallest absolute Gasteiger partial charge is 0.417 e. The number of alkyl halides is 3. The molecule has 0 aliphatic rings. The van der Waals surface area contributed by atoms with E-state index in [1.165, 1.54) is 13.0 Å². The van der Waals surface area contributed by atoms with Gasteiger partial charge in [-0.2, -0.15) is 23.7 Å². The Hall–Kier alpha value is -2.45. The van der Waals surface area contributed by atoms with E-state index < -0.39 is 22.6 Å². The molecule has 2 rings (SSSR count). The third-order valence-corrected chi connectivity index (χ3v) is 3.84. The first-order valence-corrected chi connectivity index (χ1v) is 7.29. The van der Waals surface area contributed by atoms with Crippen molar-refractivity contribution in [3.63, 3.8) is 0 Å². The first-order chi connectivity index (χ1) is 10.8. The van der Waals surface area contributed by atoms with Crippen LogP contribution >= 0.6 is 11.8 Å². The summed E-state index contributed by atoms with van der Waals surface area (Å²) in [5, 5.41) is 17.2. The molecule has 0 N–H and O–H groups in total. The normalized spacial score (nSPS) is 12.5. The Bertz CT molecular complexity index is 815. The number of rotatable bonds is 3. The number of thioether (sulfide) groups is 1. The predicted octanol–water partition coefficient (Wildman–Crippen LogP) is 4.54. The lowest BCUT2D eigenvalue weighted by molar-refractivity contribution is -0.138. The second kappa shape index (κ2) is 6.35. The van der Waals surface area contributed by atoms with Crippen LogP contribution < -0.4 is 0 Å². The zero-order valence-electron chi connectivity index (χ0n) is 12.1. The molecular formula is C15H10F3N3OS. The molecule has 0 radical (unpaired) electrons. The van der Waals surface area contributed by atoms with Gasteiger partial charge < -0.3 is 4.42 Å². The Kier molecular flexibility index (Phi) is 4.67. The second-order valence-corrected chi connectivity index (χ2v) is 5.97. The monoisotopic (exact) mass is 337 g/mol. The van der Waals surface area contributed by atoms with Gasteiger partial charge in [-0.15, -0.1) is 0 Å². The van der Waals surface area contributed by atoms with Crippen LogP contribution in [0.15, 0.2) is 27.6 Å². The molecule has 0 amide bonds. The van der Waals surface area contributed by atoms with Crippen molar-refractivity contribution in [1.29, 1.82) is 10.5 Å². The minimum Gasteiger partial charge on any atom is -0.460 e. The fraction of sp³-hybridized carbons (Fsp3) is 0.267. The summed E-state index contributed by atoms with van der Waals surface area (Å²) >= 11 is 0.804. The lowest BCUT2D eigenvalue weighted by Gasteiger charge is -2.13. The Morgan fingerprint density at radius 3 is 2.48 bits per heavy atom. The molecule has 0 saturated carbocycles. The van der Waals surface area contributed by atoms with Crippen LogP contribution in [0.2, 0.25) is 0 Å². The Morgan fingerprint density at radius 1 is 1.30 bits per heavy atom. The van der Waals surface area contributed by atoms with E-state index >= 15 is 0 Å². The van der Waals surface area contributed by atoms with Crippen LogP contribution in [-0.4, -0.2) is 10.2 Å². The van der Waals surface area contributed by atoms with Gasteiger partial charge in [-0.3, -0.25) is 0 Å². The first-order valence-electron chi connectivity index (χ1n) is 6.41. The summed E-state index contributed by atoms with van der Waals surface area (Å²) < 4.78 is 45.1. The molecule has 0 aromatic carbocycles. The summed E-state index contributed by atoms with van der Waals surface area (Å²) in [6.07, 6.45) is -4.71. The van der Waals surface area contributed by atoms with Crippen LogP contribution in [0.25, 0.3) is 11.5 Å². The highest BCUT2D eigenvalue weighted by Crippen LogP contribution is 2.38. The molecule has 118 valence electrons. The van der Waals surface area contributed by atoms with Crippen molar-refractivity contribution in [3.8, 4) is 23.6 Å². The zero-order valence-corrected chi connectivity index (χ0v) is 12.9. The fourth-order valence-electron chi connectivity index (χ4n) is 1.83. The quantitative estimate of drug-likeness (QED) is 0.769. The molecule has 1 unspecified atom stereocenters. The van der Waals surface area contributed by atoms with Gasteiger partial charge in [0.05, 0.1) is 22.4 Å². The number of aromatic nitrogens is 1. The van der Waals surface area contributed by atoms with Gasteiger partial charge in [0, 0.05) is 0 Å². The van der Waals surface area contributed by atoms with Crippen molar-refractivity contribution >= 4 is 11.8 Å². The van der Waals surface area contributed by atoms with Crippen LogP contribution in [0.3, 0.4) is 0 Å². The summed E-state index contributed by atoms with van der Waals surface area (Å²) in [5.74, 6) is 0.697. The molecular weight excluding hydrogens is 327 g/mol. The van der Waals surface area contributed by atoms with Crippen molar-refractivity contribution in [2.24, 2.45) is 0 Å². The number of furan rings is 1. The average Bonchev–Trinajstić information content (AvgIpc) is 2.92. The second-order valence-electron chi connectivity index (χ2n) is 4.64. The van der Waals surface area contributed by atoms with Crippen LogP contribution in [0.4, 0.5) is 13.2 Å². The Balaban J connectivity index is 2.69. The summed E-state index contributed by atoms with van der Waals surface area (Å²) in [7, 11) is 0. The van der Waals surface area contributed by atoms with E-state index in [-0.39, 0.29) is 16.5 Å². The molecule has 0 aliphatic heterocycles. The van der Waals surface area contributed by atoms with Gasteiger partial charge in [0.15, 0.2) is 5.76 Å². The van der Waals surface area contributed by atoms with Crippen molar-refractivity contribution in [2.45, 2.75) is 30.3 Å². The lowest BCUT2D eigenvalue weighted by atomic mass is 10.1. The van der Waals surface area contributed by atoms with Gasteiger partial charge in [0.25, 0.3) is 0 Å². The number of pyridine rings is 1. The zero-order chi connectivity index (χ0) is 17.2. The van der Waals surface area contributed by atoms with E-state index in [9.17, 15) is 13.2 Å². The Morgan fingerprint density at radius 2 is 2.00 bits per heavy atom. The van der Waals surface area contributed by atoms with E-state index in [4.69, 9.17) is 14.9 Å². The van der Waals surface area contributed by atoms with Gasteiger partial charge in [-0.05, 0) is 32.0 Å². The van der Waals surface area contributed by atoms with Crippen molar-refractivity contribution in [1.82, 2.24) is 4.98 Å². The van der Waals surface area contributed by atoms with E-state index in [1.807, 2.05) is 6.07 Å². The van der Waals surface area contributed by atoms with Gasteiger partial charge in [0.1, 0.15) is 22.5 Å². The first kappa shape index (κ1) is 16.9. The van der Waals surface area contributed by atoms with Crippen molar-refractivity contribution < 1.29 is 17.6 Å². The molecule has 2 heterocycles. The molecule has 1 atom stereocenters. The minimum atomic E-state index is -4.71. The van der Waals surface area contributed by atoms with E-state index in [0.717, 1.165) is 17.8 Å². The number of hydrogen-bond donors (Lipinski definition) is 0. The molecule has 2 aromatic rings. The number of aryl methyl sites for hydroxylation is 1. The predicted molar refractivity (Wildman–Crippen MR) is 77.3 cm³/mol. The molecule has 0 spiro atoms.